The minimum atomic E-state index is -0.576. The van der Waals surface area contributed by atoms with Crippen molar-refractivity contribution in [3.05, 3.63) is 152 Å². The van der Waals surface area contributed by atoms with Crippen LogP contribution in [-0.4, -0.2) is 21.0 Å². The second-order valence-electron chi connectivity index (χ2n) is 20.0. The van der Waals surface area contributed by atoms with E-state index in [2.05, 4.69) is 186 Å². The van der Waals surface area contributed by atoms with E-state index in [1.54, 1.807) is 0 Å². The Labute approximate surface area is 371 Å². The predicted molar refractivity (Wildman–Crippen MR) is 246 cm³/mol. The van der Waals surface area contributed by atoms with Crippen LogP contribution in [0.1, 0.15) is 110 Å². The zero-order valence-electron chi connectivity index (χ0n) is 37.8. The molecule has 0 saturated carbocycles. The van der Waals surface area contributed by atoms with Crippen LogP contribution >= 0.6 is 0 Å². The molecular weight excluding hydrogens is 914 g/mol. The molecule has 0 bridgehead atoms. The van der Waals surface area contributed by atoms with Gasteiger partial charge >= 0.3 is 21.1 Å². The molecule has 0 fully saturated rings. The number of benzene rings is 5. The van der Waals surface area contributed by atoms with Gasteiger partial charge in [0.25, 0.3) is 0 Å². The smallest absolute Gasteiger partial charge is 0.510 e. The van der Waals surface area contributed by atoms with Crippen molar-refractivity contribution in [3.8, 4) is 28.1 Å². The quantitative estimate of drug-likeness (QED) is 0.165. The van der Waals surface area contributed by atoms with E-state index in [4.69, 9.17) is 14.7 Å². The molecule has 0 amide bonds. The van der Waals surface area contributed by atoms with Crippen LogP contribution in [-0.2, 0) is 43.2 Å². The number of ether oxygens (including phenoxy) is 1. The predicted octanol–water partition coefficient (Wildman–Crippen LogP) is 13.6. The normalized spacial score (nSPS) is 18.7. The number of aliphatic imine (C=N–C) groups is 1. The van der Waals surface area contributed by atoms with Gasteiger partial charge < -0.3 is 14.3 Å². The monoisotopic (exact) mass is 970 g/mol. The molecule has 7 aromatic rings. The van der Waals surface area contributed by atoms with E-state index in [1.165, 1.54) is 61.0 Å². The molecule has 5 aromatic carbocycles. The van der Waals surface area contributed by atoms with Crippen LogP contribution in [0, 0.1) is 66.0 Å². The molecule has 9 rings (SSSR count). The molecule has 4 nitrogen and oxygen atoms in total. The number of pyridine rings is 1. The fourth-order valence-electron chi connectivity index (χ4n) is 10.4. The third-order valence-corrected chi connectivity index (χ3v) is 13.6. The molecule has 0 spiro atoms. The molecular formula is C55H57N3OPt. The zero-order valence-corrected chi connectivity index (χ0v) is 40.1. The summed E-state index contributed by atoms with van der Waals surface area (Å²) in [6.07, 6.45) is 2.73. The van der Waals surface area contributed by atoms with E-state index in [0.29, 0.717) is 5.90 Å². The Balaban J connectivity index is 0.00000499. The number of nitrogens with zero attached hydrogens (tertiary/aromatic N) is 3. The average Bonchev–Trinajstić information content (AvgIpc) is 3.71. The molecule has 1 aliphatic carbocycles. The fraction of sp³-hybridized carbons (Fsp3) is 0.345. The molecule has 1 aliphatic heterocycles. The summed E-state index contributed by atoms with van der Waals surface area (Å²) in [7, 11) is 0. The third kappa shape index (κ3) is 6.34. The van der Waals surface area contributed by atoms with Gasteiger partial charge in [-0.15, -0.1) is 41.5 Å². The van der Waals surface area contributed by atoms with Gasteiger partial charge in [0.2, 0.25) is 0 Å². The number of hydrogen-bond acceptors (Lipinski definition) is 3. The summed E-state index contributed by atoms with van der Waals surface area (Å²) in [6, 6.07) is 35.2. The van der Waals surface area contributed by atoms with E-state index in [0.717, 1.165) is 56.5 Å². The Morgan fingerprint density at radius 3 is 2.08 bits per heavy atom. The largest absolute Gasteiger partial charge is 2.00 e. The topological polar surface area (TPSA) is 39.4 Å². The van der Waals surface area contributed by atoms with Crippen LogP contribution in [0.4, 0.5) is 0 Å². The first-order valence-electron chi connectivity index (χ1n) is 21.2. The molecule has 0 radical (unpaired) electrons. The van der Waals surface area contributed by atoms with Crippen LogP contribution in [0.2, 0.25) is 0 Å². The number of aryl methyl sites for hydroxylation is 7. The van der Waals surface area contributed by atoms with Crippen LogP contribution in [0.25, 0.3) is 49.9 Å². The standard InChI is InChI=1S/C55H57N3O.Pt/c1-31-15-16-48-44(21-31)45-23-35(5)43(47-28-41(17-18-56-47)52(8,9)10)29-49(45)58(48)42-26-38(50-36(6)19-32(2)20-37(50)7)25-39(27-42)51-57-54(14)46-24-34(4)33(3)22-40(46)30-55(54,59-51)53(11,12)13;/h15-26,28H,30H2,1-14H3;/q-2;+2/t54-,55-;/m1./s1. The van der Waals surface area contributed by atoms with Gasteiger partial charge in [0, 0.05) is 23.5 Å². The second kappa shape index (κ2) is 14.1. The average molecular weight is 971 g/mol. The first-order valence-corrected chi connectivity index (χ1v) is 21.2. The van der Waals surface area contributed by atoms with Gasteiger partial charge in [0.1, 0.15) is 17.0 Å². The summed E-state index contributed by atoms with van der Waals surface area (Å²) in [5, 5.41) is 2.35. The number of aromatic nitrogens is 2. The van der Waals surface area contributed by atoms with E-state index in [1.807, 2.05) is 6.20 Å². The molecule has 0 unspecified atom stereocenters. The van der Waals surface area contributed by atoms with Gasteiger partial charge in [-0.05, 0) is 133 Å². The summed E-state index contributed by atoms with van der Waals surface area (Å²) in [5.41, 5.74) is 19.3. The first kappa shape index (κ1) is 41.9. The third-order valence-electron chi connectivity index (χ3n) is 13.6. The minimum Gasteiger partial charge on any atom is -0.510 e. The van der Waals surface area contributed by atoms with Crippen LogP contribution in [0.3, 0.4) is 0 Å². The van der Waals surface area contributed by atoms with Gasteiger partial charge in [-0.25, -0.2) is 0 Å². The Bertz CT molecular complexity index is 2930. The van der Waals surface area contributed by atoms with Gasteiger partial charge in [-0.2, -0.15) is 0 Å². The van der Waals surface area contributed by atoms with Gasteiger partial charge in [-0.3, -0.25) is 4.99 Å². The number of rotatable bonds is 4. The maximum Gasteiger partial charge on any atom is 2.00 e. The number of hydrogen-bond donors (Lipinski definition) is 0. The molecule has 2 atom stereocenters. The second-order valence-corrected chi connectivity index (χ2v) is 20.0. The first-order chi connectivity index (χ1) is 27.7. The summed E-state index contributed by atoms with van der Waals surface area (Å²) in [4.78, 5) is 10.6. The van der Waals surface area contributed by atoms with Crippen LogP contribution in [0.15, 0.2) is 84.0 Å². The van der Waals surface area contributed by atoms with Gasteiger partial charge in [0.15, 0.2) is 0 Å². The van der Waals surface area contributed by atoms with Crippen molar-refractivity contribution >= 4 is 27.7 Å². The van der Waals surface area contributed by atoms with Gasteiger partial charge in [-0.1, -0.05) is 119 Å². The van der Waals surface area contributed by atoms with E-state index in [-0.39, 0.29) is 31.9 Å². The molecule has 5 heteroatoms. The van der Waals surface area contributed by atoms with Crippen LogP contribution < -0.4 is 0 Å². The number of fused-ring (bicyclic) bond motifs is 6. The Kier molecular flexibility index (Phi) is 9.87. The maximum atomic E-state index is 7.45. The van der Waals surface area contributed by atoms with E-state index < -0.39 is 11.1 Å². The zero-order chi connectivity index (χ0) is 42.1. The molecule has 0 saturated heterocycles. The van der Waals surface area contributed by atoms with Crippen molar-refractivity contribution < 1.29 is 25.8 Å². The van der Waals surface area contributed by atoms with Crippen molar-refractivity contribution in [1.29, 1.82) is 0 Å². The summed E-state index contributed by atoms with van der Waals surface area (Å²) >= 11 is 0. The maximum absolute atomic E-state index is 7.45. The molecule has 0 N–H and O–H groups in total. The molecule has 308 valence electrons. The van der Waals surface area contributed by atoms with E-state index >= 15 is 0 Å². The van der Waals surface area contributed by atoms with Crippen molar-refractivity contribution in [2.75, 3.05) is 0 Å². The summed E-state index contributed by atoms with van der Waals surface area (Å²) < 4.78 is 9.80. The molecule has 3 heterocycles. The fourth-order valence-corrected chi connectivity index (χ4v) is 10.4. The van der Waals surface area contributed by atoms with Crippen molar-refractivity contribution in [2.24, 2.45) is 10.4 Å². The summed E-state index contributed by atoms with van der Waals surface area (Å²) in [6.45, 7) is 31.4. The Hall–Kier alpha value is -4.79. The summed E-state index contributed by atoms with van der Waals surface area (Å²) in [5.74, 6) is 0.650. The van der Waals surface area contributed by atoms with Crippen molar-refractivity contribution in [3.63, 3.8) is 0 Å². The van der Waals surface area contributed by atoms with Crippen LogP contribution in [0.5, 0.6) is 0 Å². The van der Waals surface area contributed by atoms with Crippen molar-refractivity contribution in [2.45, 2.75) is 120 Å². The van der Waals surface area contributed by atoms with Gasteiger partial charge in [0.05, 0.1) is 0 Å². The molecule has 60 heavy (non-hydrogen) atoms. The minimum absolute atomic E-state index is 0. The SMILES string of the molecule is Cc1cc(C)c(-c2cc(C3=N[C@]4(C)c5cc(C)c(C)cc5C[C@]4(C(C)(C)C)O3)[c-]c(-n3c4[c-]c(-c5cc(C(C)(C)C)ccn5)c(C)cc4c4cc(C)ccc43)c2)c(C)c1.[Pt+2]. The molecule has 2 aromatic heterocycles. The Morgan fingerprint density at radius 1 is 0.700 bits per heavy atom. The Morgan fingerprint density at radius 2 is 1.40 bits per heavy atom. The van der Waals surface area contributed by atoms with E-state index in [9.17, 15) is 0 Å². The molecule has 2 aliphatic rings. The van der Waals surface area contributed by atoms with Crippen molar-refractivity contribution in [1.82, 2.24) is 9.55 Å².